The molecule has 2 amide bonds. The van der Waals surface area contributed by atoms with Crippen LogP contribution in [0, 0.1) is 17.7 Å². The largest absolute Gasteiger partial charge is 0.339 e. The van der Waals surface area contributed by atoms with Crippen molar-refractivity contribution in [3.05, 3.63) is 34.6 Å². The van der Waals surface area contributed by atoms with Crippen molar-refractivity contribution >= 4 is 23.4 Å². The average molecular weight is 325 g/mol. The molecule has 0 N–H and O–H groups in total. The van der Waals surface area contributed by atoms with Crippen LogP contribution >= 0.6 is 11.6 Å². The van der Waals surface area contributed by atoms with Crippen molar-refractivity contribution in [2.45, 2.75) is 13.3 Å². The summed E-state index contributed by atoms with van der Waals surface area (Å²) in [5.41, 5.74) is 0.304. The maximum absolute atomic E-state index is 13.1. The van der Waals surface area contributed by atoms with Crippen LogP contribution in [0.25, 0.3) is 0 Å². The number of piperazine rings is 1. The number of benzene rings is 1. The molecule has 1 aromatic carbocycles. The lowest BCUT2D eigenvalue weighted by atomic mass is 10.1. The van der Waals surface area contributed by atoms with Crippen LogP contribution in [0.5, 0.6) is 0 Å². The fourth-order valence-electron chi connectivity index (χ4n) is 2.86. The van der Waals surface area contributed by atoms with E-state index in [0.717, 1.165) is 12.5 Å². The van der Waals surface area contributed by atoms with E-state index in [1.54, 1.807) is 4.90 Å². The lowest BCUT2D eigenvalue weighted by Gasteiger charge is -2.35. The van der Waals surface area contributed by atoms with Crippen molar-refractivity contribution in [2.24, 2.45) is 11.8 Å². The fraction of sp³-hybridized carbons (Fsp3) is 0.500. The van der Waals surface area contributed by atoms with Crippen molar-refractivity contribution in [1.29, 1.82) is 0 Å². The van der Waals surface area contributed by atoms with Crippen molar-refractivity contribution in [3.8, 4) is 0 Å². The van der Waals surface area contributed by atoms with Gasteiger partial charge in [0.2, 0.25) is 5.91 Å². The number of amides is 2. The fourth-order valence-corrected chi connectivity index (χ4v) is 3.11. The van der Waals surface area contributed by atoms with Gasteiger partial charge >= 0.3 is 0 Å². The van der Waals surface area contributed by atoms with Crippen LogP contribution in [0.1, 0.15) is 23.7 Å². The van der Waals surface area contributed by atoms with Gasteiger partial charge in [-0.3, -0.25) is 9.59 Å². The quantitative estimate of drug-likeness (QED) is 0.838. The summed E-state index contributed by atoms with van der Waals surface area (Å²) in [7, 11) is 0. The second-order valence-corrected chi connectivity index (χ2v) is 6.47. The molecule has 1 heterocycles. The predicted molar refractivity (Wildman–Crippen MR) is 81.2 cm³/mol. The van der Waals surface area contributed by atoms with E-state index in [1.165, 1.54) is 12.1 Å². The summed E-state index contributed by atoms with van der Waals surface area (Å²) in [5, 5.41) is 0.121. The molecule has 0 aromatic heterocycles. The zero-order chi connectivity index (χ0) is 15.9. The standard InChI is InChI=1S/C16H18ClFN2O2/c1-10-8-13(10)16(22)20-6-4-19(5-7-20)15(21)12-3-2-11(18)9-14(12)17/h2-3,9-10,13H,4-8H2,1H3. The molecule has 3 rings (SSSR count). The van der Waals surface area contributed by atoms with Crippen LogP contribution in [-0.4, -0.2) is 47.8 Å². The number of carbonyl (C=O) groups excluding carboxylic acids is 2. The third kappa shape index (κ3) is 2.95. The van der Waals surface area contributed by atoms with Gasteiger partial charge < -0.3 is 9.80 Å². The molecule has 0 spiro atoms. The third-order valence-corrected chi connectivity index (χ3v) is 4.78. The van der Waals surface area contributed by atoms with E-state index in [0.29, 0.717) is 37.7 Å². The van der Waals surface area contributed by atoms with Crippen LogP contribution < -0.4 is 0 Å². The summed E-state index contributed by atoms with van der Waals surface area (Å²) in [6.07, 6.45) is 0.975. The summed E-state index contributed by atoms with van der Waals surface area (Å²) < 4.78 is 13.1. The van der Waals surface area contributed by atoms with Crippen LogP contribution in [0.15, 0.2) is 18.2 Å². The van der Waals surface area contributed by atoms with Crippen molar-refractivity contribution < 1.29 is 14.0 Å². The highest BCUT2D eigenvalue weighted by molar-refractivity contribution is 6.33. The molecule has 2 atom stereocenters. The average Bonchev–Trinajstić information content (AvgIpc) is 3.23. The molecular weight excluding hydrogens is 307 g/mol. The van der Waals surface area contributed by atoms with Crippen LogP contribution in [0.4, 0.5) is 4.39 Å². The first-order valence-corrected chi connectivity index (χ1v) is 7.88. The van der Waals surface area contributed by atoms with Crippen LogP contribution in [0.2, 0.25) is 5.02 Å². The maximum Gasteiger partial charge on any atom is 0.255 e. The minimum absolute atomic E-state index is 0.121. The Morgan fingerprint density at radius 3 is 2.32 bits per heavy atom. The summed E-state index contributed by atoms with van der Waals surface area (Å²) in [6.45, 7) is 4.15. The monoisotopic (exact) mass is 324 g/mol. The summed E-state index contributed by atoms with van der Waals surface area (Å²) in [6, 6.07) is 3.78. The Balaban J connectivity index is 1.61. The minimum Gasteiger partial charge on any atom is -0.339 e. The van der Waals surface area contributed by atoms with E-state index >= 15 is 0 Å². The molecule has 2 aliphatic rings. The molecule has 1 saturated heterocycles. The molecule has 1 saturated carbocycles. The lowest BCUT2D eigenvalue weighted by Crippen LogP contribution is -2.51. The number of hydrogen-bond acceptors (Lipinski definition) is 2. The Labute approximate surface area is 133 Å². The lowest BCUT2D eigenvalue weighted by molar-refractivity contribution is -0.134. The molecular formula is C16H18ClFN2O2. The molecule has 6 heteroatoms. The highest BCUT2D eigenvalue weighted by Crippen LogP contribution is 2.39. The number of carbonyl (C=O) groups is 2. The van der Waals surface area contributed by atoms with Gasteiger partial charge in [-0.25, -0.2) is 4.39 Å². The molecule has 22 heavy (non-hydrogen) atoms. The number of nitrogens with zero attached hydrogens (tertiary/aromatic N) is 2. The van der Waals surface area contributed by atoms with E-state index in [9.17, 15) is 14.0 Å². The SMILES string of the molecule is CC1CC1C(=O)N1CCN(C(=O)c2ccc(F)cc2Cl)CC1. The van der Waals surface area contributed by atoms with E-state index in [-0.39, 0.29) is 22.8 Å². The van der Waals surface area contributed by atoms with E-state index in [1.807, 2.05) is 4.90 Å². The van der Waals surface area contributed by atoms with Gasteiger partial charge in [0.25, 0.3) is 5.91 Å². The first kappa shape index (κ1) is 15.3. The predicted octanol–water partition coefficient (Wildman–Crippen LogP) is 2.42. The number of halogens is 2. The summed E-state index contributed by atoms with van der Waals surface area (Å²) in [5.74, 6) is 0.200. The van der Waals surface area contributed by atoms with Crippen LogP contribution in [-0.2, 0) is 4.79 Å². The highest BCUT2D eigenvalue weighted by atomic mass is 35.5. The molecule has 2 fully saturated rings. The first-order valence-electron chi connectivity index (χ1n) is 7.50. The van der Waals surface area contributed by atoms with Gasteiger partial charge in [0.15, 0.2) is 0 Å². The van der Waals surface area contributed by atoms with E-state index < -0.39 is 5.82 Å². The van der Waals surface area contributed by atoms with Crippen molar-refractivity contribution in [1.82, 2.24) is 9.80 Å². The zero-order valence-electron chi connectivity index (χ0n) is 12.4. The second-order valence-electron chi connectivity index (χ2n) is 6.06. The van der Waals surface area contributed by atoms with Gasteiger partial charge in [0.05, 0.1) is 10.6 Å². The molecule has 4 nitrogen and oxygen atoms in total. The molecule has 1 aromatic rings. The second kappa shape index (κ2) is 5.88. The van der Waals surface area contributed by atoms with Crippen LogP contribution in [0.3, 0.4) is 0 Å². The minimum atomic E-state index is -0.462. The Morgan fingerprint density at radius 2 is 1.77 bits per heavy atom. The normalized spacial score (nSPS) is 24.3. The highest BCUT2D eigenvalue weighted by Gasteiger charge is 2.42. The molecule has 0 radical (unpaired) electrons. The van der Waals surface area contributed by atoms with Gasteiger partial charge in [0.1, 0.15) is 5.82 Å². The number of rotatable bonds is 2. The summed E-state index contributed by atoms with van der Waals surface area (Å²) in [4.78, 5) is 28.1. The van der Waals surface area contributed by atoms with Gasteiger partial charge in [-0.05, 0) is 30.5 Å². The Morgan fingerprint density at radius 1 is 1.18 bits per heavy atom. The Bertz CT molecular complexity index is 614. The van der Waals surface area contributed by atoms with Gasteiger partial charge in [-0.15, -0.1) is 0 Å². The number of hydrogen-bond donors (Lipinski definition) is 0. The Hall–Kier alpha value is -1.62. The Kier molecular flexibility index (Phi) is 4.08. The molecule has 118 valence electrons. The van der Waals surface area contributed by atoms with E-state index in [2.05, 4.69) is 6.92 Å². The topological polar surface area (TPSA) is 40.6 Å². The molecule has 0 bridgehead atoms. The molecule has 1 aliphatic carbocycles. The third-order valence-electron chi connectivity index (χ3n) is 4.47. The maximum atomic E-state index is 13.1. The van der Waals surface area contributed by atoms with Gasteiger partial charge in [0, 0.05) is 32.1 Å². The first-order chi connectivity index (χ1) is 10.5. The summed E-state index contributed by atoms with van der Waals surface area (Å²) >= 11 is 5.94. The molecule has 2 unspecified atom stereocenters. The smallest absolute Gasteiger partial charge is 0.255 e. The van der Waals surface area contributed by atoms with Crippen molar-refractivity contribution in [2.75, 3.05) is 26.2 Å². The van der Waals surface area contributed by atoms with Gasteiger partial charge in [-0.1, -0.05) is 18.5 Å². The zero-order valence-corrected chi connectivity index (χ0v) is 13.1. The van der Waals surface area contributed by atoms with Crippen molar-refractivity contribution in [3.63, 3.8) is 0 Å². The van der Waals surface area contributed by atoms with Gasteiger partial charge in [-0.2, -0.15) is 0 Å². The van der Waals surface area contributed by atoms with E-state index in [4.69, 9.17) is 11.6 Å². The molecule has 1 aliphatic heterocycles.